The van der Waals surface area contributed by atoms with Crippen LogP contribution >= 0.6 is 0 Å². The highest BCUT2D eigenvalue weighted by molar-refractivity contribution is 5.68. The smallest absolute Gasteiger partial charge is 0.0343 e. The summed E-state index contributed by atoms with van der Waals surface area (Å²) in [4.78, 5) is 0. The fourth-order valence-electron chi connectivity index (χ4n) is 1.99. The topological polar surface area (TPSA) is 0 Å². The number of terminal acetylenes is 1. The Hall–Kier alpha value is -2.00. The lowest BCUT2D eigenvalue weighted by molar-refractivity contribution is 1.29. The molecule has 0 nitrogen and oxygen atoms in total. The molecule has 2 rings (SSSR count). The maximum atomic E-state index is 5.43. The minimum Gasteiger partial charge on any atom is -0.120 e. The summed E-state index contributed by atoms with van der Waals surface area (Å²) >= 11 is 0. The van der Waals surface area contributed by atoms with Gasteiger partial charge < -0.3 is 0 Å². The Labute approximate surface area is 103 Å². The molecule has 2 aromatic rings. The van der Waals surface area contributed by atoms with Crippen LogP contribution in [0.5, 0.6) is 0 Å². The van der Waals surface area contributed by atoms with E-state index in [9.17, 15) is 0 Å². The van der Waals surface area contributed by atoms with Crippen LogP contribution in [0, 0.1) is 26.2 Å². The summed E-state index contributed by atoms with van der Waals surface area (Å²) in [7, 11) is 0. The highest BCUT2D eigenvalue weighted by Gasteiger charge is 2.04. The number of aryl methyl sites for hydroxylation is 2. The Bertz CT molecular complexity index is 554. The molecular formula is C17H16. The lowest BCUT2D eigenvalue weighted by Gasteiger charge is -2.09. The van der Waals surface area contributed by atoms with E-state index in [1.54, 1.807) is 0 Å². The minimum absolute atomic E-state index is 0.685. The van der Waals surface area contributed by atoms with Gasteiger partial charge in [0.2, 0.25) is 0 Å². The Morgan fingerprint density at radius 2 is 1.59 bits per heavy atom. The third-order valence-electron chi connectivity index (χ3n) is 2.92. The second-order valence-corrected chi connectivity index (χ2v) is 4.41. The maximum Gasteiger partial charge on any atom is 0.0343 e. The predicted octanol–water partition coefficient (Wildman–Crippen LogP) is 4.15. The van der Waals surface area contributed by atoms with Crippen molar-refractivity contribution >= 4 is 0 Å². The summed E-state index contributed by atoms with van der Waals surface area (Å²) in [5.74, 6) is 2.73. The van der Waals surface area contributed by atoms with Gasteiger partial charge in [-0.3, -0.25) is 0 Å². The van der Waals surface area contributed by atoms with Crippen LogP contribution in [0.2, 0.25) is 0 Å². The lowest BCUT2D eigenvalue weighted by atomic mass is 9.95. The molecule has 0 aromatic heterocycles. The molecule has 0 heterocycles. The third-order valence-corrected chi connectivity index (χ3v) is 2.92. The summed E-state index contributed by atoms with van der Waals surface area (Å²) < 4.78 is 0. The van der Waals surface area contributed by atoms with Crippen LogP contribution in [-0.2, 0) is 6.42 Å². The van der Waals surface area contributed by atoms with Crippen LogP contribution in [-0.4, -0.2) is 0 Å². The van der Waals surface area contributed by atoms with E-state index in [1.807, 2.05) is 0 Å². The van der Waals surface area contributed by atoms with Gasteiger partial charge in [0.15, 0.2) is 0 Å². The van der Waals surface area contributed by atoms with Gasteiger partial charge in [-0.15, -0.1) is 12.3 Å². The standard InChI is InChI=1S/C17H16/c1-4-5-16-12-14(3)8-11-17(16)15-9-6-13(2)7-10-15/h1,6-12H,5H2,2-3H3. The van der Waals surface area contributed by atoms with Gasteiger partial charge in [-0.25, -0.2) is 0 Å². The maximum absolute atomic E-state index is 5.43. The zero-order valence-electron chi connectivity index (χ0n) is 10.3. The molecule has 0 spiro atoms. The molecule has 0 heteroatoms. The van der Waals surface area contributed by atoms with Gasteiger partial charge in [-0.2, -0.15) is 0 Å². The average Bonchev–Trinajstić information content (AvgIpc) is 2.31. The Morgan fingerprint density at radius 3 is 2.24 bits per heavy atom. The van der Waals surface area contributed by atoms with Crippen molar-refractivity contribution in [2.45, 2.75) is 20.3 Å². The van der Waals surface area contributed by atoms with Gasteiger partial charge in [0.1, 0.15) is 0 Å². The fraction of sp³-hybridized carbons (Fsp3) is 0.176. The quantitative estimate of drug-likeness (QED) is 0.667. The molecule has 0 aliphatic heterocycles. The van der Waals surface area contributed by atoms with Gasteiger partial charge in [-0.1, -0.05) is 53.6 Å². The molecule has 0 fully saturated rings. The Morgan fingerprint density at radius 1 is 0.941 bits per heavy atom. The highest BCUT2D eigenvalue weighted by atomic mass is 14.1. The van der Waals surface area contributed by atoms with Crippen molar-refractivity contribution in [1.82, 2.24) is 0 Å². The minimum atomic E-state index is 0.685. The molecule has 0 atom stereocenters. The highest BCUT2D eigenvalue weighted by Crippen LogP contribution is 2.25. The van der Waals surface area contributed by atoms with E-state index in [4.69, 9.17) is 6.42 Å². The molecule has 0 saturated carbocycles. The molecule has 84 valence electrons. The van der Waals surface area contributed by atoms with Crippen molar-refractivity contribution in [3.63, 3.8) is 0 Å². The van der Waals surface area contributed by atoms with E-state index in [2.05, 4.69) is 62.2 Å². The number of hydrogen-bond donors (Lipinski definition) is 0. The zero-order chi connectivity index (χ0) is 12.3. The first-order valence-electron chi connectivity index (χ1n) is 5.81. The number of rotatable bonds is 2. The Balaban J connectivity index is 2.51. The van der Waals surface area contributed by atoms with Crippen LogP contribution in [0.4, 0.5) is 0 Å². The van der Waals surface area contributed by atoms with Crippen molar-refractivity contribution in [3.8, 4) is 23.5 Å². The van der Waals surface area contributed by atoms with Gasteiger partial charge in [0, 0.05) is 6.42 Å². The van der Waals surface area contributed by atoms with E-state index in [0.717, 1.165) is 0 Å². The molecule has 0 radical (unpaired) electrons. The van der Waals surface area contributed by atoms with E-state index >= 15 is 0 Å². The summed E-state index contributed by atoms with van der Waals surface area (Å²) in [6.45, 7) is 4.19. The monoisotopic (exact) mass is 220 g/mol. The normalized spacial score (nSPS) is 9.94. The van der Waals surface area contributed by atoms with Crippen molar-refractivity contribution in [2.75, 3.05) is 0 Å². The molecule has 0 unspecified atom stereocenters. The van der Waals surface area contributed by atoms with E-state index < -0.39 is 0 Å². The lowest BCUT2D eigenvalue weighted by Crippen LogP contribution is -1.90. The molecule has 0 bridgehead atoms. The van der Waals surface area contributed by atoms with Crippen molar-refractivity contribution in [2.24, 2.45) is 0 Å². The van der Waals surface area contributed by atoms with Crippen LogP contribution in [0.3, 0.4) is 0 Å². The predicted molar refractivity (Wildman–Crippen MR) is 73.9 cm³/mol. The fourth-order valence-corrected chi connectivity index (χ4v) is 1.99. The van der Waals surface area contributed by atoms with Gasteiger partial charge in [0.05, 0.1) is 0 Å². The molecule has 17 heavy (non-hydrogen) atoms. The van der Waals surface area contributed by atoms with Gasteiger partial charge in [0.25, 0.3) is 0 Å². The molecular weight excluding hydrogens is 204 g/mol. The van der Waals surface area contributed by atoms with E-state index in [1.165, 1.54) is 27.8 Å². The molecule has 0 amide bonds. The zero-order valence-corrected chi connectivity index (χ0v) is 10.3. The van der Waals surface area contributed by atoms with E-state index in [-0.39, 0.29) is 0 Å². The number of benzene rings is 2. The van der Waals surface area contributed by atoms with Crippen molar-refractivity contribution in [3.05, 3.63) is 59.2 Å². The molecule has 0 saturated heterocycles. The summed E-state index contributed by atoms with van der Waals surface area (Å²) in [6, 6.07) is 15.0. The van der Waals surface area contributed by atoms with Gasteiger partial charge >= 0.3 is 0 Å². The number of hydrogen-bond acceptors (Lipinski definition) is 0. The summed E-state index contributed by atoms with van der Waals surface area (Å²) in [6.07, 6.45) is 6.12. The summed E-state index contributed by atoms with van der Waals surface area (Å²) in [5, 5.41) is 0. The van der Waals surface area contributed by atoms with Gasteiger partial charge in [-0.05, 0) is 30.5 Å². The molecule has 2 aromatic carbocycles. The largest absolute Gasteiger partial charge is 0.120 e. The second-order valence-electron chi connectivity index (χ2n) is 4.41. The van der Waals surface area contributed by atoms with E-state index in [0.29, 0.717) is 6.42 Å². The molecule has 0 N–H and O–H groups in total. The van der Waals surface area contributed by atoms with Crippen LogP contribution in [0.25, 0.3) is 11.1 Å². The third kappa shape index (κ3) is 2.57. The summed E-state index contributed by atoms with van der Waals surface area (Å²) in [5.41, 5.74) is 6.25. The van der Waals surface area contributed by atoms with Crippen molar-refractivity contribution in [1.29, 1.82) is 0 Å². The average molecular weight is 220 g/mol. The van der Waals surface area contributed by atoms with Crippen LogP contribution in [0.15, 0.2) is 42.5 Å². The Kier molecular flexibility index (Phi) is 3.30. The van der Waals surface area contributed by atoms with Crippen molar-refractivity contribution < 1.29 is 0 Å². The molecule has 0 aliphatic carbocycles. The van der Waals surface area contributed by atoms with Crippen LogP contribution < -0.4 is 0 Å². The SMILES string of the molecule is C#CCc1cc(C)ccc1-c1ccc(C)cc1. The second kappa shape index (κ2) is 4.89. The molecule has 0 aliphatic rings. The first-order chi connectivity index (χ1) is 8.20. The first-order valence-corrected chi connectivity index (χ1v) is 5.81. The van der Waals surface area contributed by atoms with Crippen LogP contribution in [0.1, 0.15) is 16.7 Å². The first kappa shape index (κ1) is 11.5.